The summed E-state index contributed by atoms with van der Waals surface area (Å²) in [6.07, 6.45) is 1.91. The van der Waals surface area contributed by atoms with Crippen LogP contribution in [0.25, 0.3) is 89.0 Å². The molecule has 8 heteroatoms. The quantitative estimate of drug-likeness (QED) is 0.161. The third kappa shape index (κ3) is 6.99. The number of pyridine rings is 1. The zero-order valence-electron chi connectivity index (χ0n) is 32.2. The van der Waals surface area contributed by atoms with Gasteiger partial charge in [-0.05, 0) is 79.3 Å². The maximum Gasteiger partial charge on any atom is 0.201 e. The molecule has 0 spiro atoms. The van der Waals surface area contributed by atoms with Crippen LogP contribution < -0.4 is 0 Å². The number of nitrogens with zero attached hydrogens (tertiary/aromatic N) is 7. The summed E-state index contributed by atoms with van der Waals surface area (Å²) in [6.45, 7) is 4.17. The van der Waals surface area contributed by atoms with E-state index in [1.54, 1.807) is 0 Å². The molecule has 11 rings (SSSR count). The van der Waals surface area contributed by atoms with Crippen molar-refractivity contribution >= 4 is 43.6 Å². The number of hydrogen-bond donors (Lipinski definition) is 0. The SMILES string of the molecule is Cc1cnc(-c2[c-]cccc2)cc1C.[Ir].[c-]1cc(-n2c3ccccc3c3ccccc32)ccc1-c1nnc(-c2ccc(-n3c4ccccc4c4ccccc43)cc2)nn1. The summed E-state index contributed by atoms with van der Waals surface area (Å²) in [5.41, 5.74) is 12.9. The topological polar surface area (TPSA) is 74.3 Å². The van der Waals surface area contributed by atoms with E-state index in [0.717, 1.165) is 44.8 Å². The predicted molar refractivity (Wildman–Crippen MR) is 234 cm³/mol. The van der Waals surface area contributed by atoms with Crippen molar-refractivity contribution in [2.45, 2.75) is 13.8 Å². The molecule has 7 nitrogen and oxygen atoms in total. The number of fused-ring (bicyclic) bond motifs is 6. The third-order valence-electron chi connectivity index (χ3n) is 10.7. The average Bonchev–Trinajstić information content (AvgIpc) is 3.81. The Morgan fingerprint density at radius 1 is 0.441 bits per heavy atom. The number of para-hydroxylation sites is 4. The van der Waals surface area contributed by atoms with E-state index in [0.29, 0.717) is 11.6 Å². The van der Waals surface area contributed by atoms with Gasteiger partial charge in [0, 0.05) is 70.1 Å². The molecule has 0 unspecified atom stereocenters. The van der Waals surface area contributed by atoms with Gasteiger partial charge in [-0.1, -0.05) is 84.4 Å². The molecule has 0 amide bonds. The van der Waals surface area contributed by atoms with E-state index in [1.165, 1.54) is 43.7 Å². The molecular weight excluding hydrogens is 903 g/mol. The fraction of sp³-hybridized carbons (Fsp3) is 0.0392. The maximum atomic E-state index is 4.42. The summed E-state index contributed by atoms with van der Waals surface area (Å²) in [6, 6.07) is 64.6. The Balaban J connectivity index is 0.000000255. The first-order valence-corrected chi connectivity index (χ1v) is 19.2. The van der Waals surface area contributed by atoms with Gasteiger partial charge >= 0.3 is 0 Å². The molecule has 59 heavy (non-hydrogen) atoms. The fourth-order valence-corrected chi connectivity index (χ4v) is 7.63. The molecule has 285 valence electrons. The molecule has 4 aromatic heterocycles. The van der Waals surface area contributed by atoms with Crippen LogP contribution in [0.5, 0.6) is 0 Å². The Labute approximate surface area is 355 Å². The summed E-state index contributed by atoms with van der Waals surface area (Å²) in [5.74, 6) is 0.911. The molecule has 7 aromatic carbocycles. The van der Waals surface area contributed by atoms with Crippen molar-refractivity contribution in [1.29, 1.82) is 0 Å². The Bertz CT molecular complexity index is 2940. The first-order chi connectivity index (χ1) is 28.6. The first-order valence-electron chi connectivity index (χ1n) is 19.2. The van der Waals surface area contributed by atoms with Crippen LogP contribution in [0.2, 0.25) is 0 Å². The molecule has 0 N–H and O–H groups in total. The fourth-order valence-electron chi connectivity index (χ4n) is 7.63. The van der Waals surface area contributed by atoms with Crippen molar-refractivity contribution < 1.29 is 20.1 Å². The molecule has 0 aliphatic carbocycles. The molecular formula is C51H35IrN7-2. The maximum absolute atomic E-state index is 4.42. The zero-order valence-corrected chi connectivity index (χ0v) is 34.6. The molecule has 0 fully saturated rings. The monoisotopic (exact) mass is 938 g/mol. The molecule has 0 aliphatic rings. The van der Waals surface area contributed by atoms with Gasteiger partial charge < -0.3 is 14.1 Å². The first kappa shape index (κ1) is 37.5. The van der Waals surface area contributed by atoms with E-state index in [2.05, 4.69) is 182 Å². The molecule has 0 atom stereocenters. The van der Waals surface area contributed by atoms with Crippen LogP contribution in [0.15, 0.2) is 176 Å². The van der Waals surface area contributed by atoms with Gasteiger partial charge in [-0.25, -0.2) is 0 Å². The van der Waals surface area contributed by atoms with E-state index in [4.69, 9.17) is 0 Å². The second-order valence-corrected chi connectivity index (χ2v) is 14.2. The van der Waals surface area contributed by atoms with E-state index in [1.807, 2.05) is 54.7 Å². The van der Waals surface area contributed by atoms with E-state index >= 15 is 0 Å². The Kier molecular flexibility index (Phi) is 10.2. The zero-order chi connectivity index (χ0) is 39.0. The minimum atomic E-state index is 0. The summed E-state index contributed by atoms with van der Waals surface area (Å²) in [7, 11) is 0. The van der Waals surface area contributed by atoms with Crippen LogP contribution in [-0.2, 0) is 20.1 Å². The Morgan fingerprint density at radius 2 is 0.932 bits per heavy atom. The molecule has 0 bridgehead atoms. The van der Waals surface area contributed by atoms with Crippen molar-refractivity contribution in [2.24, 2.45) is 0 Å². The second kappa shape index (κ2) is 16.0. The van der Waals surface area contributed by atoms with E-state index in [9.17, 15) is 0 Å². The number of hydrogen-bond acceptors (Lipinski definition) is 5. The molecule has 1 radical (unpaired) electrons. The molecule has 0 saturated heterocycles. The van der Waals surface area contributed by atoms with Crippen molar-refractivity contribution in [3.05, 3.63) is 199 Å². The Hall–Kier alpha value is -7.12. The molecule has 4 heterocycles. The van der Waals surface area contributed by atoms with Gasteiger partial charge in [-0.3, -0.25) is 0 Å². The van der Waals surface area contributed by atoms with Crippen LogP contribution in [0.4, 0.5) is 0 Å². The summed E-state index contributed by atoms with van der Waals surface area (Å²) >= 11 is 0. The van der Waals surface area contributed by atoms with Crippen molar-refractivity contribution in [2.75, 3.05) is 0 Å². The largest absolute Gasteiger partial charge is 0.351 e. The predicted octanol–water partition coefficient (Wildman–Crippen LogP) is 11.8. The second-order valence-electron chi connectivity index (χ2n) is 14.2. The molecule has 11 aromatic rings. The normalized spacial score (nSPS) is 11.1. The average molecular weight is 938 g/mol. The van der Waals surface area contributed by atoms with Gasteiger partial charge in [0.2, 0.25) is 5.82 Å². The number of rotatable bonds is 5. The van der Waals surface area contributed by atoms with Crippen LogP contribution in [0, 0.1) is 26.0 Å². The van der Waals surface area contributed by atoms with Crippen LogP contribution in [-0.4, -0.2) is 34.5 Å². The number of benzene rings is 7. The minimum Gasteiger partial charge on any atom is -0.351 e. The number of aromatic nitrogens is 7. The van der Waals surface area contributed by atoms with E-state index in [-0.39, 0.29) is 20.1 Å². The number of aryl methyl sites for hydroxylation is 2. The smallest absolute Gasteiger partial charge is 0.201 e. The van der Waals surface area contributed by atoms with Crippen molar-refractivity contribution in [1.82, 2.24) is 34.5 Å². The van der Waals surface area contributed by atoms with Crippen LogP contribution in [0.3, 0.4) is 0 Å². The van der Waals surface area contributed by atoms with Gasteiger partial charge in [0.1, 0.15) is 5.82 Å². The van der Waals surface area contributed by atoms with Crippen molar-refractivity contribution in [3.8, 4) is 45.4 Å². The Morgan fingerprint density at radius 3 is 1.42 bits per heavy atom. The van der Waals surface area contributed by atoms with Gasteiger partial charge in [0.15, 0.2) is 0 Å². The van der Waals surface area contributed by atoms with Crippen LogP contribution >= 0.6 is 0 Å². The summed E-state index contributed by atoms with van der Waals surface area (Å²) < 4.78 is 4.54. The summed E-state index contributed by atoms with van der Waals surface area (Å²) in [4.78, 5) is 4.38. The van der Waals surface area contributed by atoms with Gasteiger partial charge in [0.25, 0.3) is 0 Å². The molecule has 0 aliphatic heterocycles. The third-order valence-corrected chi connectivity index (χ3v) is 10.7. The summed E-state index contributed by atoms with van der Waals surface area (Å²) in [5, 5.41) is 22.6. The standard InChI is InChI=1S/C38H23N6.C13H12N.Ir/c1-5-13-33-29(9-1)30-10-2-6-14-34(30)43(33)27-21-17-25(18-22-27)37-39-41-38(42-40-37)26-19-23-28(24-20-26)44-35-15-7-3-11-31(35)32-12-4-8-16-36(32)44;1-10-8-13(14-9-11(10)2)12-6-4-3-5-7-12;/h1-19,21-24H;3-6,8-9H,1-2H3;/q2*-1;. The minimum absolute atomic E-state index is 0. The van der Waals surface area contributed by atoms with Gasteiger partial charge in [-0.2, -0.15) is 10.2 Å². The molecule has 0 saturated carbocycles. The van der Waals surface area contributed by atoms with E-state index < -0.39 is 0 Å². The van der Waals surface area contributed by atoms with Crippen molar-refractivity contribution in [3.63, 3.8) is 0 Å². The van der Waals surface area contributed by atoms with Gasteiger partial charge in [-0.15, -0.1) is 75.9 Å². The van der Waals surface area contributed by atoms with Crippen LogP contribution in [0.1, 0.15) is 11.1 Å². The van der Waals surface area contributed by atoms with Gasteiger partial charge in [0.05, 0.1) is 11.0 Å².